The van der Waals surface area contributed by atoms with Crippen LogP contribution in [-0.4, -0.2) is 100 Å². The fourth-order valence-electron chi connectivity index (χ4n) is 15.0. The van der Waals surface area contributed by atoms with Crippen molar-refractivity contribution >= 4 is 87.1 Å². The number of hydrogen-bond donors (Lipinski definition) is 5. The Bertz CT molecular complexity index is 5620. The first-order chi connectivity index (χ1) is 53.8. The number of nitrogens with two attached hydrogens (primary N) is 2. The van der Waals surface area contributed by atoms with Gasteiger partial charge < -0.3 is 11.5 Å². The highest BCUT2D eigenvalue weighted by atomic mass is 35.5. The Morgan fingerprint density at radius 2 is 0.776 bits per heavy atom. The molecule has 3 unspecified atom stereocenters. The van der Waals surface area contributed by atoms with Crippen LogP contribution in [0, 0.1) is 56.0 Å². The lowest BCUT2D eigenvalue weighted by Gasteiger charge is -2.36. The molecule has 3 fully saturated rings. The van der Waals surface area contributed by atoms with E-state index >= 15 is 8.78 Å². The SMILES string of the molecule is C.C.CS(=O)(=O)NC(CCC1CC1)(c1ccncc1)c1ccc(F)c(N)c1.Cc1cc(C(=O)Cc2cc(C(CCC3CC3)(NS(C)(=O)=O)c3ccncc3)ccc2F)n(-c2ccc3ccnc(C)c3c2)n1.Cc1cc(C(=O)Cc2cc(C(CCC3CC3)(NS(C)(=O)=O)c3ccncc3)ccc2F)n(-c2ccc3ccnc(N)c3c2)n1.Cl. The average Bonchev–Trinajstić information content (AvgIpc) is 0.859. The maximum absolute atomic E-state index is 15.4. The zero-order valence-corrected chi connectivity index (χ0v) is 67.2. The van der Waals surface area contributed by atoms with Crippen molar-refractivity contribution in [2.45, 2.75) is 142 Å². The molecular weight excluding hydrogens is 1560 g/mol. The molecule has 0 bridgehead atoms. The predicted octanol–water partition coefficient (Wildman–Crippen LogP) is 15.7. The second-order valence-electron chi connectivity index (χ2n) is 30.1. The van der Waals surface area contributed by atoms with Crippen LogP contribution in [0.3, 0.4) is 0 Å². The molecule has 7 heterocycles. The second-order valence-corrected chi connectivity index (χ2v) is 35.4. The molecule has 610 valence electrons. The van der Waals surface area contributed by atoms with Gasteiger partial charge in [-0.25, -0.2) is 66.9 Å². The van der Waals surface area contributed by atoms with Gasteiger partial charge in [-0.15, -0.1) is 12.4 Å². The summed E-state index contributed by atoms with van der Waals surface area (Å²) < 4.78 is 132. The summed E-state index contributed by atoms with van der Waals surface area (Å²) >= 11 is 0. The summed E-state index contributed by atoms with van der Waals surface area (Å²) in [6, 6.07) is 42.6. The normalized spacial score (nSPS) is 15.0. The fraction of sp³-hybridized carbons (Fsp3) is 0.322. The Morgan fingerprint density at radius 3 is 1.14 bits per heavy atom. The largest absolute Gasteiger partial charge is 0.396 e. The lowest BCUT2D eigenvalue weighted by atomic mass is 9.79. The monoisotopic (exact) mass is 1650 g/mol. The van der Waals surface area contributed by atoms with Gasteiger partial charge in [0.15, 0.2) is 11.6 Å². The number of hydrogen-bond acceptors (Lipinski definition) is 17. The number of nitrogens with zero attached hydrogens (tertiary/aromatic N) is 9. The molecule has 29 heteroatoms. The number of ketones is 2. The number of aryl methyl sites for hydroxylation is 3. The third-order valence-electron chi connectivity index (χ3n) is 21.2. The molecule has 0 radical (unpaired) electrons. The van der Waals surface area contributed by atoms with Crippen LogP contribution in [0.2, 0.25) is 0 Å². The van der Waals surface area contributed by atoms with Crippen molar-refractivity contribution in [2.75, 3.05) is 30.2 Å². The van der Waals surface area contributed by atoms with E-state index in [1.807, 2.05) is 62.4 Å². The molecule has 0 spiro atoms. The van der Waals surface area contributed by atoms with Crippen molar-refractivity contribution in [1.29, 1.82) is 0 Å². The lowest BCUT2D eigenvalue weighted by Crippen LogP contribution is -2.46. The van der Waals surface area contributed by atoms with E-state index in [0.717, 1.165) is 109 Å². The number of Topliss-reactive ketones (excluding diaryl/α,β-unsaturated/α-hetero) is 2. The average molecular weight is 1660 g/mol. The van der Waals surface area contributed by atoms with Crippen molar-refractivity contribution in [3.8, 4) is 11.4 Å². The van der Waals surface area contributed by atoms with E-state index in [-0.39, 0.29) is 74.2 Å². The molecular formula is C87H98ClF3N14O8S3. The van der Waals surface area contributed by atoms with E-state index in [1.165, 1.54) is 28.9 Å². The Morgan fingerprint density at radius 1 is 0.431 bits per heavy atom. The maximum atomic E-state index is 15.4. The lowest BCUT2D eigenvalue weighted by molar-refractivity contribution is 0.0976. The zero-order valence-electron chi connectivity index (χ0n) is 63.9. The Balaban J connectivity index is 0.000000188. The number of rotatable bonds is 29. The number of anilines is 2. The summed E-state index contributed by atoms with van der Waals surface area (Å²) in [6.07, 6.45) is 26.7. The number of benzene rings is 5. The van der Waals surface area contributed by atoms with Gasteiger partial charge in [-0.3, -0.25) is 29.5 Å². The topological polar surface area (TPSA) is 325 Å². The molecule has 0 saturated heterocycles. The number of nitrogens with one attached hydrogen (secondary N) is 3. The highest BCUT2D eigenvalue weighted by Crippen LogP contribution is 2.46. The van der Waals surface area contributed by atoms with Crippen molar-refractivity contribution in [2.24, 2.45) is 17.8 Å². The summed E-state index contributed by atoms with van der Waals surface area (Å²) in [5, 5.41) is 12.7. The molecule has 3 aliphatic rings. The number of fused-ring (bicyclic) bond motifs is 2. The van der Waals surface area contributed by atoms with Gasteiger partial charge in [-0.2, -0.15) is 10.2 Å². The van der Waals surface area contributed by atoms with Gasteiger partial charge in [-0.05, 0) is 242 Å². The third kappa shape index (κ3) is 21.0. The molecule has 15 rings (SSSR count). The highest BCUT2D eigenvalue weighted by Gasteiger charge is 2.43. The minimum atomic E-state index is -3.70. The minimum absolute atomic E-state index is 0. The van der Waals surface area contributed by atoms with Crippen LogP contribution in [-0.2, 0) is 59.5 Å². The molecule has 12 aromatic rings. The molecule has 5 aromatic carbocycles. The van der Waals surface area contributed by atoms with Gasteiger partial charge >= 0.3 is 0 Å². The Kier molecular flexibility index (Phi) is 27.6. The number of sulfonamides is 3. The molecule has 7 N–H and O–H groups in total. The number of aromatic nitrogens is 9. The van der Waals surface area contributed by atoms with Crippen molar-refractivity contribution in [3.05, 3.63) is 292 Å². The van der Waals surface area contributed by atoms with Gasteiger partial charge in [0, 0.05) is 78.9 Å². The van der Waals surface area contributed by atoms with Gasteiger partial charge in [0.05, 0.1) is 63.8 Å². The first kappa shape index (κ1) is 87.9. The van der Waals surface area contributed by atoms with Gasteiger partial charge in [0.1, 0.15) is 34.7 Å². The smallest absolute Gasteiger partial charge is 0.209 e. The molecule has 3 saturated carbocycles. The first-order valence-electron chi connectivity index (χ1n) is 37.4. The number of pyridine rings is 5. The minimum Gasteiger partial charge on any atom is -0.396 e. The summed E-state index contributed by atoms with van der Waals surface area (Å²) in [4.78, 5) is 48.4. The zero-order chi connectivity index (χ0) is 80.2. The number of carbonyl (C=O) groups excluding carboxylic acids is 2. The van der Waals surface area contributed by atoms with E-state index in [1.54, 1.807) is 140 Å². The third-order valence-corrected chi connectivity index (χ3v) is 23.4. The molecule has 0 amide bonds. The van der Waals surface area contributed by atoms with E-state index in [2.05, 4.69) is 49.3 Å². The maximum Gasteiger partial charge on any atom is 0.209 e. The summed E-state index contributed by atoms with van der Waals surface area (Å²) in [5.74, 6) is -0.253. The van der Waals surface area contributed by atoms with Crippen molar-refractivity contribution in [3.63, 3.8) is 0 Å². The molecule has 7 aromatic heterocycles. The standard InChI is InChI=1S/C34H34FN5O3S.C33H33FN6O3S.C18H22FN3O2S.2CH4.ClH/c1-22-18-32(40(38-22)29-8-6-25-11-17-37-23(2)30(25)21-29)33(41)20-26-19-28(7-9-31(26)35)34(39-44(3,42)43,14-10-24-4-5-24)27-12-15-36-16-13-27;1-21-17-30(40(38-21)27-7-5-23-10-16-37-32(35)28(23)20-27)31(41)19-24-18-26(6-8-29(24)34)33(39-44(2,42)43,13-9-22-3-4-22)25-11-14-36-15-12-25;1-25(23,24)22-18(9-6-13-2-3-13,14-7-10-21-11-8-14)15-4-5-16(19)17(20)12-15;;;/h6-9,11-13,15-19,21,24,39H,4-5,10,14,20H2,1-3H3;5-8,10-12,14-18,20,22,39H,3-4,9,13,19H2,1-2H3,(H2,35,37);4-5,7-8,10-13,22H,2-3,6,9,20H2,1H3;2*1H4;1H. The second kappa shape index (κ2) is 36.4. The molecule has 22 nitrogen and oxygen atoms in total. The number of carbonyl (C=O) groups is 2. The molecule has 0 aliphatic heterocycles. The summed E-state index contributed by atoms with van der Waals surface area (Å²) in [6.45, 7) is 5.52. The van der Waals surface area contributed by atoms with Gasteiger partial charge in [-0.1, -0.05) is 95.8 Å². The van der Waals surface area contributed by atoms with Crippen LogP contribution >= 0.6 is 12.4 Å². The van der Waals surface area contributed by atoms with Crippen LogP contribution in [0.15, 0.2) is 201 Å². The Hall–Kier alpha value is -10.5. The molecule has 116 heavy (non-hydrogen) atoms. The summed E-state index contributed by atoms with van der Waals surface area (Å²) in [7, 11) is -10.9. The highest BCUT2D eigenvalue weighted by molar-refractivity contribution is 7.89. The van der Waals surface area contributed by atoms with E-state index in [0.29, 0.717) is 99.1 Å². The quantitative estimate of drug-likeness (QED) is 0.0215. The first-order valence-corrected chi connectivity index (χ1v) is 43.0. The predicted molar refractivity (Wildman–Crippen MR) is 452 cm³/mol. The van der Waals surface area contributed by atoms with Gasteiger partial charge in [0.2, 0.25) is 30.1 Å². The van der Waals surface area contributed by atoms with Crippen LogP contribution in [0.4, 0.5) is 24.7 Å². The number of halogens is 4. The molecule has 3 atom stereocenters. The van der Waals surface area contributed by atoms with Crippen LogP contribution in [0.25, 0.3) is 32.9 Å². The van der Waals surface area contributed by atoms with Crippen LogP contribution < -0.4 is 25.6 Å². The Labute approximate surface area is 682 Å². The fourth-order valence-corrected chi connectivity index (χ4v) is 17.9. The van der Waals surface area contributed by atoms with E-state index in [9.17, 15) is 39.2 Å². The van der Waals surface area contributed by atoms with E-state index < -0.39 is 64.1 Å². The van der Waals surface area contributed by atoms with Gasteiger partial charge in [0.25, 0.3) is 0 Å². The van der Waals surface area contributed by atoms with Crippen molar-refractivity contribution < 1.29 is 48.0 Å². The molecule has 3 aliphatic carbocycles. The van der Waals surface area contributed by atoms with Crippen molar-refractivity contribution in [1.82, 2.24) is 58.6 Å². The number of nitrogen functional groups attached to an aromatic ring is 2. The van der Waals surface area contributed by atoms with E-state index in [4.69, 9.17) is 11.5 Å². The summed E-state index contributed by atoms with van der Waals surface area (Å²) in [5.41, 5.74) is 16.9. The van der Waals surface area contributed by atoms with Crippen LogP contribution in [0.1, 0.15) is 174 Å². The van der Waals surface area contributed by atoms with Crippen LogP contribution in [0.5, 0.6) is 0 Å².